The second-order valence-corrected chi connectivity index (χ2v) is 8.32. The summed E-state index contributed by atoms with van der Waals surface area (Å²) < 4.78 is 6.70. The van der Waals surface area contributed by atoms with Gasteiger partial charge in [-0.05, 0) is 44.9 Å². The second kappa shape index (κ2) is 9.74. The van der Waals surface area contributed by atoms with E-state index in [9.17, 15) is 19.2 Å². The minimum absolute atomic E-state index is 0.0178. The van der Waals surface area contributed by atoms with Crippen molar-refractivity contribution < 1.29 is 19.1 Å². The van der Waals surface area contributed by atoms with E-state index in [1.807, 2.05) is 0 Å². The topological polar surface area (TPSA) is 131 Å². The van der Waals surface area contributed by atoms with Crippen LogP contribution in [0.2, 0.25) is 0 Å². The first-order chi connectivity index (χ1) is 16.3. The second-order valence-electron chi connectivity index (χ2n) is 8.32. The molecule has 1 aliphatic carbocycles. The first kappa shape index (κ1) is 23.0. The number of fused-ring (bicyclic) bond motifs is 1. The SMILES string of the molecule is CC(C)n1nc(C(=O)NNC(=O)COc2cccc(NC(=O)C3CC3)c2)c2ccccc2c1=O. The van der Waals surface area contributed by atoms with E-state index in [1.165, 1.54) is 4.68 Å². The van der Waals surface area contributed by atoms with Crippen molar-refractivity contribution in [3.8, 4) is 5.75 Å². The summed E-state index contributed by atoms with van der Waals surface area (Å²) in [5.41, 5.74) is 4.91. The molecule has 3 amide bonds. The van der Waals surface area contributed by atoms with E-state index in [0.29, 0.717) is 22.2 Å². The number of benzene rings is 2. The Balaban J connectivity index is 1.37. The van der Waals surface area contributed by atoms with Crippen LogP contribution in [-0.4, -0.2) is 34.1 Å². The van der Waals surface area contributed by atoms with Gasteiger partial charge in [0, 0.05) is 23.1 Å². The van der Waals surface area contributed by atoms with Crippen molar-refractivity contribution in [2.75, 3.05) is 11.9 Å². The molecular weight excluding hydrogens is 438 g/mol. The molecule has 1 fully saturated rings. The van der Waals surface area contributed by atoms with Gasteiger partial charge in [0.25, 0.3) is 17.4 Å². The van der Waals surface area contributed by atoms with E-state index in [4.69, 9.17) is 4.74 Å². The van der Waals surface area contributed by atoms with Crippen LogP contribution in [0.15, 0.2) is 53.3 Å². The third-order valence-corrected chi connectivity index (χ3v) is 5.27. The molecular formula is C24H25N5O5. The standard InChI is InChI=1S/C24H25N5O5/c1-14(2)29-24(33)19-9-4-3-8-18(19)21(28-29)23(32)27-26-20(30)13-34-17-7-5-6-16(12-17)25-22(31)15-10-11-15/h3-9,12,14-15H,10-11,13H2,1-2H3,(H,25,31)(H,26,30)(H,27,32). The summed E-state index contributed by atoms with van der Waals surface area (Å²) in [6.45, 7) is 3.21. The first-order valence-corrected chi connectivity index (χ1v) is 11.0. The summed E-state index contributed by atoms with van der Waals surface area (Å²) in [4.78, 5) is 49.5. The molecule has 176 valence electrons. The summed E-state index contributed by atoms with van der Waals surface area (Å²) in [7, 11) is 0. The normalized spacial score (nSPS) is 12.9. The highest BCUT2D eigenvalue weighted by molar-refractivity contribution is 6.05. The predicted molar refractivity (Wildman–Crippen MR) is 125 cm³/mol. The summed E-state index contributed by atoms with van der Waals surface area (Å²) in [6, 6.07) is 13.1. The third kappa shape index (κ3) is 5.22. The average Bonchev–Trinajstić information content (AvgIpc) is 3.67. The molecule has 0 radical (unpaired) electrons. The van der Waals surface area contributed by atoms with Gasteiger partial charge < -0.3 is 10.1 Å². The van der Waals surface area contributed by atoms with Crippen LogP contribution in [0.3, 0.4) is 0 Å². The molecule has 0 atom stereocenters. The number of rotatable bonds is 7. The number of hydrogen-bond donors (Lipinski definition) is 3. The number of nitrogens with zero attached hydrogens (tertiary/aromatic N) is 2. The Hall–Kier alpha value is -4.21. The molecule has 1 saturated carbocycles. The van der Waals surface area contributed by atoms with Gasteiger partial charge in [0.1, 0.15) is 5.75 Å². The van der Waals surface area contributed by atoms with Crippen LogP contribution in [0, 0.1) is 5.92 Å². The Labute approximate surface area is 195 Å². The van der Waals surface area contributed by atoms with Crippen LogP contribution in [0.4, 0.5) is 5.69 Å². The molecule has 0 bridgehead atoms. The lowest BCUT2D eigenvalue weighted by Crippen LogP contribution is -2.44. The summed E-state index contributed by atoms with van der Waals surface area (Å²) in [5, 5.41) is 7.76. The molecule has 0 unspecified atom stereocenters. The molecule has 0 spiro atoms. The molecule has 4 rings (SSSR count). The minimum Gasteiger partial charge on any atom is -0.484 e. The highest BCUT2D eigenvalue weighted by Gasteiger charge is 2.29. The van der Waals surface area contributed by atoms with Gasteiger partial charge in [-0.25, -0.2) is 4.68 Å². The smallest absolute Gasteiger partial charge is 0.290 e. The van der Waals surface area contributed by atoms with Crippen molar-refractivity contribution in [1.29, 1.82) is 0 Å². The zero-order valence-electron chi connectivity index (χ0n) is 18.8. The number of nitrogens with one attached hydrogen (secondary N) is 3. The lowest BCUT2D eigenvalue weighted by Gasteiger charge is -2.14. The van der Waals surface area contributed by atoms with E-state index in [-0.39, 0.29) is 35.7 Å². The maximum absolute atomic E-state index is 12.7. The number of carbonyl (C=O) groups excluding carboxylic acids is 3. The molecule has 0 aliphatic heterocycles. The van der Waals surface area contributed by atoms with E-state index in [0.717, 1.165) is 12.8 Å². The van der Waals surface area contributed by atoms with Gasteiger partial charge in [0.2, 0.25) is 5.91 Å². The van der Waals surface area contributed by atoms with E-state index >= 15 is 0 Å². The van der Waals surface area contributed by atoms with Gasteiger partial charge in [0.05, 0.1) is 11.4 Å². The molecule has 34 heavy (non-hydrogen) atoms. The predicted octanol–water partition coefficient (Wildman–Crippen LogP) is 2.17. The van der Waals surface area contributed by atoms with E-state index in [1.54, 1.807) is 62.4 Å². The molecule has 3 N–H and O–H groups in total. The Bertz CT molecular complexity index is 1310. The molecule has 10 heteroatoms. The van der Waals surface area contributed by atoms with Crippen molar-refractivity contribution in [3.63, 3.8) is 0 Å². The van der Waals surface area contributed by atoms with Crippen molar-refractivity contribution in [2.24, 2.45) is 5.92 Å². The Morgan fingerprint density at radius 3 is 2.50 bits per heavy atom. The summed E-state index contributed by atoms with van der Waals surface area (Å²) in [5.74, 6) is -0.814. The van der Waals surface area contributed by atoms with Crippen molar-refractivity contribution in [2.45, 2.75) is 32.7 Å². The van der Waals surface area contributed by atoms with Gasteiger partial charge in [-0.2, -0.15) is 5.10 Å². The van der Waals surface area contributed by atoms with Gasteiger partial charge >= 0.3 is 0 Å². The molecule has 1 heterocycles. The fourth-order valence-corrected chi connectivity index (χ4v) is 3.35. The monoisotopic (exact) mass is 463 g/mol. The Morgan fingerprint density at radius 1 is 1.06 bits per heavy atom. The highest BCUT2D eigenvalue weighted by Crippen LogP contribution is 2.30. The van der Waals surface area contributed by atoms with Crippen LogP contribution >= 0.6 is 0 Å². The summed E-state index contributed by atoms with van der Waals surface area (Å²) >= 11 is 0. The number of aromatic nitrogens is 2. The quantitative estimate of drug-likeness (QED) is 0.460. The number of ether oxygens (including phenoxy) is 1. The molecule has 0 saturated heterocycles. The fraction of sp³-hybridized carbons (Fsp3) is 0.292. The average molecular weight is 463 g/mol. The molecule has 1 aliphatic rings. The van der Waals surface area contributed by atoms with E-state index in [2.05, 4.69) is 21.3 Å². The number of carbonyl (C=O) groups is 3. The fourth-order valence-electron chi connectivity index (χ4n) is 3.35. The first-order valence-electron chi connectivity index (χ1n) is 11.0. The number of amides is 3. The Kier molecular flexibility index (Phi) is 6.58. The zero-order valence-corrected chi connectivity index (χ0v) is 18.8. The third-order valence-electron chi connectivity index (χ3n) is 5.27. The number of hydrazine groups is 1. The zero-order chi connectivity index (χ0) is 24.2. The van der Waals surface area contributed by atoms with Gasteiger partial charge in [-0.3, -0.25) is 30.0 Å². The maximum Gasteiger partial charge on any atom is 0.290 e. The van der Waals surface area contributed by atoms with Gasteiger partial charge in [-0.1, -0.05) is 24.3 Å². The van der Waals surface area contributed by atoms with E-state index < -0.39 is 11.8 Å². The molecule has 1 aromatic heterocycles. The van der Waals surface area contributed by atoms with Crippen molar-refractivity contribution >= 4 is 34.2 Å². The van der Waals surface area contributed by atoms with Gasteiger partial charge in [-0.15, -0.1) is 0 Å². The number of anilines is 1. The Morgan fingerprint density at radius 2 is 1.79 bits per heavy atom. The van der Waals surface area contributed by atoms with Crippen LogP contribution in [0.5, 0.6) is 5.75 Å². The minimum atomic E-state index is -0.663. The maximum atomic E-state index is 12.7. The largest absolute Gasteiger partial charge is 0.484 e. The van der Waals surface area contributed by atoms with Crippen LogP contribution in [-0.2, 0) is 9.59 Å². The molecule has 2 aromatic carbocycles. The van der Waals surface area contributed by atoms with Gasteiger partial charge in [0.15, 0.2) is 12.3 Å². The molecule has 3 aromatic rings. The number of hydrogen-bond acceptors (Lipinski definition) is 6. The van der Waals surface area contributed by atoms with Crippen LogP contribution in [0.1, 0.15) is 43.2 Å². The van der Waals surface area contributed by atoms with Crippen molar-refractivity contribution in [3.05, 3.63) is 64.6 Å². The van der Waals surface area contributed by atoms with Crippen LogP contribution in [0.25, 0.3) is 10.8 Å². The highest BCUT2D eigenvalue weighted by atomic mass is 16.5. The summed E-state index contributed by atoms with van der Waals surface area (Å²) in [6.07, 6.45) is 1.80. The molecule has 10 nitrogen and oxygen atoms in total. The van der Waals surface area contributed by atoms with Crippen molar-refractivity contribution in [1.82, 2.24) is 20.6 Å². The lowest BCUT2D eigenvalue weighted by molar-refractivity contribution is -0.123. The van der Waals surface area contributed by atoms with Crippen LogP contribution < -0.4 is 26.5 Å². The lowest BCUT2D eigenvalue weighted by atomic mass is 10.1.